The number of rotatable bonds is 1. The van der Waals surface area contributed by atoms with E-state index in [1.807, 2.05) is 4.90 Å². The molecule has 1 atom stereocenters. The molecule has 2 heterocycles. The van der Waals surface area contributed by atoms with Gasteiger partial charge in [-0.15, -0.1) is 11.6 Å². The van der Waals surface area contributed by atoms with Gasteiger partial charge in [-0.1, -0.05) is 0 Å². The Morgan fingerprint density at radius 2 is 1.75 bits per heavy atom. The number of alkyl halides is 1. The molecular formula is C12H21ClN2O. The van der Waals surface area contributed by atoms with E-state index in [1.165, 1.54) is 0 Å². The molecule has 0 aromatic heterocycles. The van der Waals surface area contributed by atoms with Gasteiger partial charge >= 0.3 is 0 Å². The summed E-state index contributed by atoms with van der Waals surface area (Å²) in [5.41, 5.74) is 0.643. The summed E-state index contributed by atoms with van der Waals surface area (Å²) >= 11 is 5.79. The van der Waals surface area contributed by atoms with Crippen molar-refractivity contribution in [3.63, 3.8) is 0 Å². The second kappa shape index (κ2) is 3.61. The molecule has 0 bridgehead atoms. The lowest BCUT2D eigenvalue weighted by atomic mass is 9.71. The van der Waals surface area contributed by atoms with Gasteiger partial charge < -0.3 is 4.90 Å². The van der Waals surface area contributed by atoms with Gasteiger partial charge in [-0.05, 0) is 27.7 Å². The molecule has 16 heavy (non-hydrogen) atoms. The van der Waals surface area contributed by atoms with Gasteiger partial charge in [-0.2, -0.15) is 0 Å². The minimum atomic E-state index is -0.379. The zero-order chi connectivity index (χ0) is 12.1. The van der Waals surface area contributed by atoms with Crippen LogP contribution in [0, 0.1) is 5.41 Å². The number of halogens is 1. The normalized spacial score (nSPS) is 26.2. The van der Waals surface area contributed by atoms with Gasteiger partial charge in [-0.3, -0.25) is 9.69 Å². The average Bonchev–Trinajstić information content (AvgIpc) is 1.95. The largest absolute Gasteiger partial charge is 0.340 e. The molecular weight excluding hydrogens is 224 g/mol. The highest BCUT2D eigenvalue weighted by Crippen LogP contribution is 2.42. The lowest BCUT2D eigenvalue weighted by Gasteiger charge is -2.63. The first-order chi connectivity index (χ1) is 7.23. The van der Waals surface area contributed by atoms with Crippen LogP contribution in [-0.2, 0) is 4.79 Å². The van der Waals surface area contributed by atoms with Gasteiger partial charge in [0.2, 0.25) is 5.91 Å². The number of nitrogens with zero attached hydrogens (tertiary/aromatic N) is 2. The smallest absolute Gasteiger partial charge is 0.240 e. The Labute approximate surface area is 103 Å². The molecule has 2 fully saturated rings. The number of hydrogen-bond acceptors (Lipinski definition) is 2. The van der Waals surface area contributed by atoms with Gasteiger partial charge in [0, 0.05) is 37.1 Å². The van der Waals surface area contributed by atoms with Crippen LogP contribution in [0.25, 0.3) is 0 Å². The summed E-state index contributed by atoms with van der Waals surface area (Å²) in [7, 11) is 0. The minimum Gasteiger partial charge on any atom is -0.340 e. The van der Waals surface area contributed by atoms with Crippen LogP contribution in [0.5, 0.6) is 0 Å². The van der Waals surface area contributed by atoms with Gasteiger partial charge in [0.25, 0.3) is 0 Å². The van der Waals surface area contributed by atoms with Crippen LogP contribution in [0.3, 0.4) is 0 Å². The van der Waals surface area contributed by atoms with E-state index in [9.17, 15) is 4.79 Å². The molecule has 0 aromatic carbocycles. The van der Waals surface area contributed by atoms with Crippen LogP contribution in [0.4, 0.5) is 0 Å². The Morgan fingerprint density at radius 3 is 2.12 bits per heavy atom. The fourth-order valence-electron chi connectivity index (χ4n) is 2.61. The Bertz CT molecular complexity index is 295. The van der Waals surface area contributed by atoms with Crippen LogP contribution in [0.15, 0.2) is 0 Å². The highest BCUT2D eigenvalue weighted by molar-refractivity contribution is 6.30. The molecule has 0 N–H and O–H groups in total. The van der Waals surface area contributed by atoms with Crippen molar-refractivity contribution in [2.24, 2.45) is 5.41 Å². The topological polar surface area (TPSA) is 23.6 Å². The maximum absolute atomic E-state index is 11.6. The van der Waals surface area contributed by atoms with Crippen LogP contribution in [0.2, 0.25) is 0 Å². The first-order valence-electron chi connectivity index (χ1n) is 5.91. The molecule has 92 valence electrons. The first-order valence-corrected chi connectivity index (χ1v) is 6.35. The summed E-state index contributed by atoms with van der Waals surface area (Å²) < 4.78 is 0. The highest BCUT2D eigenvalue weighted by Gasteiger charge is 2.55. The predicted octanol–water partition coefficient (Wildman–Crippen LogP) is 1.56. The number of carbonyl (C=O) groups excluding carboxylic acids is 1. The van der Waals surface area contributed by atoms with E-state index >= 15 is 0 Å². The van der Waals surface area contributed by atoms with Gasteiger partial charge in [0.05, 0.1) is 0 Å². The lowest BCUT2D eigenvalue weighted by Crippen LogP contribution is -2.75. The molecule has 1 spiro atoms. The monoisotopic (exact) mass is 244 g/mol. The van der Waals surface area contributed by atoms with Crippen molar-refractivity contribution in [3.05, 3.63) is 0 Å². The number of hydrogen-bond donors (Lipinski definition) is 0. The van der Waals surface area contributed by atoms with E-state index in [2.05, 4.69) is 25.7 Å². The van der Waals surface area contributed by atoms with Crippen LogP contribution in [0.1, 0.15) is 27.7 Å². The Morgan fingerprint density at radius 1 is 1.25 bits per heavy atom. The van der Waals surface area contributed by atoms with Gasteiger partial charge in [0.1, 0.15) is 5.38 Å². The van der Waals surface area contributed by atoms with E-state index < -0.39 is 0 Å². The molecule has 4 heteroatoms. The van der Waals surface area contributed by atoms with Gasteiger partial charge in [0.15, 0.2) is 0 Å². The lowest BCUT2D eigenvalue weighted by molar-refractivity contribution is -0.167. The second-order valence-electron chi connectivity index (χ2n) is 6.34. The number of likely N-dealkylation sites (tertiary alicyclic amines) is 2. The molecule has 2 rings (SSSR count). The van der Waals surface area contributed by atoms with E-state index in [4.69, 9.17) is 11.6 Å². The van der Waals surface area contributed by atoms with Crippen molar-refractivity contribution in [1.82, 2.24) is 9.80 Å². The van der Waals surface area contributed by atoms with Crippen molar-refractivity contribution in [2.45, 2.75) is 38.6 Å². The van der Waals surface area contributed by atoms with Crippen molar-refractivity contribution >= 4 is 17.5 Å². The zero-order valence-electron chi connectivity index (χ0n) is 10.6. The third-order valence-electron chi connectivity index (χ3n) is 3.71. The van der Waals surface area contributed by atoms with Crippen molar-refractivity contribution in [3.8, 4) is 0 Å². The molecule has 2 saturated heterocycles. The minimum absolute atomic E-state index is 0.0847. The molecule has 0 radical (unpaired) electrons. The molecule has 1 amide bonds. The standard InChI is InChI=1S/C12H21ClN2O/c1-9(13)10(16)14-5-12(6-14)7-15(8-12)11(2,3)4/h9H,5-8H2,1-4H3/t9-/m1/s1. The summed E-state index contributed by atoms with van der Waals surface area (Å²) in [6.07, 6.45) is 0. The van der Waals surface area contributed by atoms with E-state index in [-0.39, 0.29) is 16.8 Å². The number of carbonyl (C=O) groups is 1. The fraction of sp³-hybridized carbons (Fsp3) is 0.917. The first kappa shape index (κ1) is 12.2. The Balaban J connectivity index is 1.81. The summed E-state index contributed by atoms with van der Waals surface area (Å²) in [5.74, 6) is 0.0847. The van der Waals surface area contributed by atoms with Crippen LogP contribution < -0.4 is 0 Å². The maximum Gasteiger partial charge on any atom is 0.240 e. The van der Waals surface area contributed by atoms with E-state index in [1.54, 1.807) is 6.92 Å². The van der Waals surface area contributed by atoms with E-state index in [0.29, 0.717) is 5.41 Å². The second-order valence-corrected chi connectivity index (χ2v) is 6.99. The molecule has 2 aliphatic heterocycles. The summed E-state index contributed by atoms with van der Waals surface area (Å²) in [5, 5.41) is -0.379. The highest BCUT2D eigenvalue weighted by atomic mass is 35.5. The molecule has 0 saturated carbocycles. The molecule has 3 nitrogen and oxygen atoms in total. The third kappa shape index (κ3) is 1.95. The number of amides is 1. The molecule has 0 unspecified atom stereocenters. The summed E-state index contributed by atoms with van der Waals surface area (Å²) in [6, 6.07) is 0. The van der Waals surface area contributed by atoms with E-state index in [0.717, 1.165) is 26.2 Å². The third-order valence-corrected chi connectivity index (χ3v) is 3.89. The summed E-state index contributed by atoms with van der Waals surface area (Å²) in [6.45, 7) is 12.5. The maximum atomic E-state index is 11.6. The molecule has 0 aromatic rings. The zero-order valence-corrected chi connectivity index (χ0v) is 11.3. The van der Waals surface area contributed by atoms with Crippen LogP contribution in [-0.4, -0.2) is 52.8 Å². The fourth-order valence-corrected chi connectivity index (χ4v) is 2.75. The average molecular weight is 245 g/mol. The molecule has 2 aliphatic rings. The Kier molecular flexibility index (Phi) is 2.75. The van der Waals surface area contributed by atoms with Crippen molar-refractivity contribution in [1.29, 1.82) is 0 Å². The Hall–Kier alpha value is -0.280. The van der Waals surface area contributed by atoms with Crippen molar-refractivity contribution < 1.29 is 4.79 Å². The summed E-state index contributed by atoms with van der Waals surface area (Å²) in [4.78, 5) is 16.0. The van der Waals surface area contributed by atoms with Gasteiger partial charge in [-0.25, -0.2) is 0 Å². The van der Waals surface area contributed by atoms with Crippen molar-refractivity contribution in [2.75, 3.05) is 26.2 Å². The predicted molar refractivity (Wildman–Crippen MR) is 65.7 cm³/mol. The molecule has 0 aliphatic carbocycles. The quantitative estimate of drug-likeness (QED) is 0.654. The van der Waals surface area contributed by atoms with Crippen LogP contribution >= 0.6 is 11.6 Å². The SMILES string of the molecule is C[C@@H](Cl)C(=O)N1CC2(C1)CN(C(C)(C)C)C2.